The lowest BCUT2D eigenvalue weighted by molar-refractivity contribution is 0.250. The Morgan fingerprint density at radius 1 is 1.64 bits per heavy atom. The first-order valence-corrected chi connectivity index (χ1v) is 5.35. The Morgan fingerprint density at radius 3 is 2.86 bits per heavy atom. The minimum absolute atomic E-state index is 0.410. The zero-order chi connectivity index (χ0) is 10.6. The second-order valence-electron chi connectivity index (χ2n) is 2.72. The fourth-order valence-corrected chi connectivity index (χ4v) is 1.70. The molecule has 0 aliphatic rings. The molecule has 14 heavy (non-hydrogen) atoms. The SMILES string of the molecule is CCC(C#N)Oc1ccc(Cl)cc1Br. The van der Waals surface area contributed by atoms with Crippen LogP contribution in [-0.4, -0.2) is 6.10 Å². The molecular formula is C10H9BrClNO. The van der Waals surface area contributed by atoms with Gasteiger partial charge in [-0.2, -0.15) is 5.26 Å². The van der Waals surface area contributed by atoms with E-state index in [4.69, 9.17) is 21.6 Å². The first-order chi connectivity index (χ1) is 6.67. The quantitative estimate of drug-likeness (QED) is 0.840. The van der Waals surface area contributed by atoms with Crippen LogP contribution in [0.1, 0.15) is 13.3 Å². The number of benzene rings is 1. The van der Waals surface area contributed by atoms with Crippen molar-refractivity contribution in [1.29, 1.82) is 5.26 Å². The van der Waals surface area contributed by atoms with Crippen molar-refractivity contribution in [1.82, 2.24) is 0 Å². The summed E-state index contributed by atoms with van der Waals surface area (Å²) in [6.45, 7) is 1.90. The standard InChI is InChI=1S/C10H9BrClNO/c1-2-8(6-13)14-10-4-3-7(12)5-9(10)11/h3-5,8H,2H2,1H3. The fourth-order valence-electron chi connectivity index (χ4n) is 0.925. The van der Waals surface area contributed by atoms with Crippen LogP contribution in [0.5, 0.6) is 5.75 Å². The summed E-state index contributed by atoms with van der Waals surface area (Å²) in [5.41, 5.74) is 0. The number of nitrogens with zero attached hydrogens (tertiary/aromatic N) is 1. The lowest BCUT2D eigenvalue weighted by atomic mass is 10.3. The van der Waals surface area contributed by atoms with Crippen molar-refractivity contribution in [3.05, 3.63) is 27.7 Å². The first kappa shape index (κ1) is 11.4. The normalized spacial score (nSPS) is 11.9. The molecule has 0 fully saturated rings. The van der Waals surface area contributed by atoms with Crippen molar-refractivity contribution >= 4 is 27.5 Å². The van der Waals surface area contributed by atoms with Crippen molar-refractivity contribution in [3.63, 3.8) is 0 Å². The molecule has 74 valence electrons. The number of ether oxygens (including phenoxy) is 1. The number of halogens is 2. The first-order valence-electron chi connectivity index (χ1n) is 4.18. The van der Waals surface area contributed by atoms with E-state index in [-0.39, 0.29) is 0 Å². The molecule has 1 atom stereocenters. The van der Waals surface area contributed by atoms with Crippen LogP contribution in [0.4, 0.5) is 0 Å². The van der Waals surface area contributed by atoms with E-state index in [2.05, 4.69) is 22.0 Å². The zero-order valence-electron chi connectivity index (χ0n) is 7.63. The lowest BCUT2D eigenvalue weighted by Crippen LogP contribution is -2.12. The van der Waals surface area contributed by atoms with Gasteiger partial charge in [-0.1, -0.05) is 18.5 Å². The van der Waals surface area contributed by atoms with E-state index in [1.54, 1.807) is 18.2 Å². The summed E-state index contributed by atoms with van der Waals surface area (Å²) in [5, 5.41) is 9.35. The molecule has 0 bridgehead atoms. The molecule has 1 aromatic rings. The molecule has 1 unspecified atom stereocenters. The summed E-state index contributed by atoms with van der Waals surface area (Å²) in [7, 11) is 0. The third kappa shape index (κ3) is 2.90. The van der Waals surface area contributed by atoms with E-state index >= 15 is 0 Å². The summed E-state index contributed by atoms with van der Waals surface area (Å²) < 4.78 is 6.19. The topological polar surface area (TPSA) is 33.0 Å². The molecular weight excluding hydrogens is 265 g/mol. The van der Waals surface area contributed by atoms with Gasteiger partial charge in [-0.15, -0.1) is 0 Å². The smallest absolute Gasteiger partial charge is 0.184 e. The Bertz CT molecular complexity index is 362. The average Bonchev–Trinajstić information content (AvgIpc) is 2.17. The highest BCUT2D eigenvalue weighted by molar-refractivity contribution is 9.10. The maximum absolute atomic E-state index is 8.72. The van der Waals surface area contributed by atoms with Crippen LogP contribution in [0, 0.1) is 11.3 Å². The Balaban J connectivity index is 2.82. The monoisotopic (exact) mass is 273 g/mol. The predicted molar refractivity (Wildman–Crippen MR) is 59.5 cm³/mol. The van der Waals surface area contributed by atoms with Gasteiger partial charge in [0, 0.05) is 5.02 Å². The van der Waals surface area contributed by atoms with Crippen LogP contribution >= 0.6 is 27.5 Å². The van der Waals surface area contributed by atoms with Crippen molar-refractivity contribution < 1.29 is 4.74 Å². The molecule has 1 aromatic carbocycles. The van der Waals surface area contributed by atoms with Crippen molar-refractivity contribution in [2.75, 3.05) is 0 Å². The van der Waals surface area contributed by atoms with E-state index < -0.39 is 6.10 Å². The molecule has 0 saturated heterocycles. The molecule has 0 aliphatic carbocycles. The minimum atomic E-state index is -0.410. The van der Waals surface area contributed by atoms with Crippen LogP contribution < -0.4 is 4.74 Å². The molecule has 4 heteroatoms. The van der Waals surface area contributed by atoms with E-state index in [1.807, 2.05) is 6.92 Å². The Morgan fingerprint density at radius 2 is 2.36 bits per heavy atom. The van der Waals surface area contributed by atoms with Gasteiger partial charge >= 0.3 is 0 Å². The predicted octanol–water partition coefficient (Wildman–Crippen LogP) is 3.78. The third-order valence-electron chi connectivity index (χ3n) is 1.68. The number of rotatable bonds is 3. The van der Waals surface area contributed by atoms with Crippen LogP contribution in [0.2, 0.25) is 5.02 Å². The molecule has 0 aliphatic heterocycles. The summed E-state index contributed by atoms with van der Waals surface area (Å²) in [5.74, 6) is 0.641. The van der Waals surface area contributed by atoms with E-state index in [9.17, 15) is 0 Å². The lowest BCUT2D eigenvalue weighted by Gasteiger charge is -2.11. The van der Waals surface area contributed by atoms with Gasteiger partial charge in [-0.05, 0) is 40.5 Å². The van der Waals surface area contributed by atoms with Gasteiger partial charge in [0.1, 0.15) is 11.8 Å². The Kier molecular flexibility index (Phi) is 4.24. The Labute approximate surface area is 96.6 Å². The molecule has 0 amide bonds. The van der Waals surface area contributed by atoms with Gasteiger partial charge in [0.25, 0.3) is 0 Å². The molecule has 2 nitrogen and oxygen atoms in total. The third-order valence-corrected chi connectivity index (χ3v) is 2.53. The second kappa shape index (κ2) is 5.23. The van der Waals surface area contributed by atoms with Crippen LogP contribution in [-0.2, 0) is 0 Å². The van der Waals surface area contributed by atoms with Gasteiger partial charge in [0.05, 0.1) is 4.47 Å². The fraction of sp³-hybridized carbons (Fsp3) is 0.300. The van der Waals surface area contributed by atoms with Gasteiger partial charge in [0.2, 0.25) is 0 Å². The van der Waals surface area contributed by atoms with Gasteiger partial charge in [-0.25, -0.2) is 0 Å². The largest absolute Gasteiger partial charge is 0.474 e. The molecule has 0 radical (unpaired) electrons. The van der Waals surface area contributed by atoms with Crippen molar-refractivity contribution in [2.24, 2.45) is 0 Å². The molecule has 0 heterocycles. The molecule has 0 N–H and O–H groups in total. The number of nitriles is 1. The van der Waals surface area contributed by atoms with Crippen molar-refractivity contribution in [2.45, 2.75) is 19.4 Å². The van der Waals surface area contributed by atoms with Crippen molar-refractivity contribution in [3.8, 4) is 11.8 Å². The maximum Gasteiger partial charge on any atom is 0.184 e. The van der Waals surface area contributed by atoms with Gasteiger partial charge in [0.15, 0.2) is 6.10 Å². The molecule has 0 saturated carbocycles. The average molecular weight is 275 g/mol. The highest BCUT2D eigenvalue weighted by atomic mass is 79.9. The maximum atomic E-state index is 8.72. The molecule has 0 aromatic heterocycles. The summed E-state index contributed by atoms with van der Waals surface area (Å²) >= 11 is 9.09. The number of hydrogen-bond donors (Lipinski definition) is 0. The van der Waals surface area contributed by atoms with Gasteiger partial charge in [-0.3, -0.25) is 0 Å². The summed E-state index contributed by atoms with van der Waals surface area (Å²) in [6, 6.07) is 7.27. The van der Waals surface area contributed by atoms with E-state index in [0.717, 1.165) is 4.47 Å². The van der Waals surface area contributed by atoms with Crippen LogP contribution in [0.15, 0.2) is 22.7 Å². The molecule has 1 rings (SSSR count). The summed E-state index contributed by atoms with van der Waals surface area (Å²) in [6.07, 6.45) is 0.249. The number of hydrogen-bond acceptors (Lipinski definition) is 2. The second-order valence-corrected chi connectivity index (χ2v) is 4.01. The highest BCUT2D eigenvalue weighted by Gasteiger charge is 2.08. The Hall–Kier alpha value is -0.720. The highest BCUT2D eigenvalue weighted by Crippen LogP contribution is 2.28. The zero-order valence-corrected chi connectivity index (χ0v) is 9.97. The minimum Gasteiger partial charge on any atom is -0.474 e. The van der Waals surface area contributed by atoms with Crippen LogP contribution in [0.25, 0.3) is 0 Å². The van der Waals surface area contributed by atoms with Gasteiger partial charge < -0.3 is 4.74 Å². The van der Waals surface area contributed by atoms with Crippen LogP contribution in [0.3, 0.4) is 0 Å². The van der Waals surface area contributed by atoms with E-state index in [1.165, 1.54) is 0 Å². The summed E-state index contributed by atoms with van der Waals surface area (Å²) in [4.78, 5) is 0. The molecule has 0 spiro atoms. The van der Waals surface area contributed by atoms with E-state index in [0.29, 0.717) is 17.2 Å².